The van der Waals surface area contributed by atoms with Gasteiger partial charge >= 0.3 is 5.97 Å². The van der Waals surface area contributed by atoms with Crippen LogP contribution in [0.15, 0.2) is 12.1 Å². The third kappa shape index (κ3) is 2.28. The van der Waals surface area contributed by atoms with Gasteiger partial charge in [-0.05, 0) is 18.6 Å². The van der Waals surface area contributed by atoms with Gasteiger partial charge in [0.2, 0.25) is 0 Å². The van der Waals surface area contributed by atoms with Gasteiger partial charge in [-0.1, -0.05) is 0 Å². The van der Waals surface area contributed by atoms with Gasteiger partial charge < -0.3 is 14.7 Å². The topological polar surface area (TPSA) is 49.8 Å². The highest BCUT2D eigenvalue weighted by Crippen LogP contribution is 2.28. The van der Waals surface area contributed by atoms with Crippen molar-refractivity contribution in [3.63, 3.8) is 0 Å². The maximum absolute atomic E-state index is 13.8. The van der Waals surface area contributed by atoms with Gasteiger partial charge in [0.25, 0.3) is 0 Å². The molecule has 0 aliphatic carbocycles. The lowest BCUT2D eigenvalue weighted by Crippen LogP contribution is -2.24. The van der Waals surface area contributed by atoms with Crippen LogP contribution in [0.1, 0.15) is 16.8 Å². The normalized spacial score (nSPS) is 19.3. The highest BCUT2D eigenvalue weighted by atomic mass is 19.1. The number of ether oxygens (including phenoxy) is 1. The number of halogens is 2. The predicted octanol–water partition coefficient (Wildman–Crippen LogP) is 1.89. The molecule has 1 aromatic carbocycles. The van der Waals surface area contributed by atoms with Crippen LogP contribution in [0.5, 0.6) is 0 Å². The average Bonchev–Trinajstić information content (AvgIpc) is 2.76. The van der Waals surface area contributed by atoms with Crippen molar-refractivity contribution in [3.05, 3.63) is 29.3 Å². The largest absolute Gasteiger partial charge is 0.478 e. The summed E-state index contributed by atoms with van der Waals surface area (Å²) in [5, 5.41) is 8.70. The van der Waals surface area contributed by atoms with Gasteiger partial charge in [-0.25, -0.2) is 13.6 Å². The van der Waals surface area contributed by atoms with Crippen LogP contribution in [0.4, 0.5) is 14.5 Å². The first-order valence-corrected chi connectivity index (χ1v) is 5.53. The van der Waals surface area contributed by atoms with Gasteiger partial charge in [0.15, 0.2) is 0 Å². The fourth-order valence-electron chi connectivity index (χ4n) is 2.11. The van der Waals surface area contributed by atoms with Gasteiger partial charge in [-0.2, -0.15) is 0 Å². The summed E-state index contributed by atoms with van der Waals surface area (Å²) in [6, 6.07) is 1.67. The summed E-state index contributed by atoms with van der Waals surface area (Å²) in [6.45, 7) is 0.884. The molecule has 0 spiro atoms. The van der Waals surface area contributed by atoms with Crippen LogP contribution in [-0.2, 0) is 4.74 Å². The first kappa shape index (κ1) is 12.8. The van der Waals surface area contributed by atoms with Crippen molar-refractivity contribution in [2.45, 2.75) is 12.5 Å². The van der Waals surface area contributed by atoms with Crippen molar-refractivity contribution >= 4 is 11.7 Å². The Morgan fingerprint density at radius 3 is 2.50 bits per heavy atom. The first-order chi connectivity index (χ1) is 8.52. The highest BCUT2D eigenvalue weighted by Gasteiger charge is 2.27. The van der Waals surface area contributed by atoms with E-state index in [1.807, 2.05) is 0 Å². The van der Waals surface area contributed by atoms with Crippen molar-refractivity contribution in [3.8, 4) is 0 Å². The van der Waals surface area contributed by atoms with E-state index in [1.54, 1.807) is 7.11 Å². The van der Waals surface area contributed by atoms with Crippen LogP contribution in [0.2, 0.25) is 0 Å². The van der Waals surface area contributed by atoms with Crippen molar-refractivity contribution in [1.29, 1.82) is 0 Å². The number of nitrogens with zero attached hydrogens (tertiary/aromatic N) is 1. The SMILES string of the molecule is COC1CCN(c2c(F)cc(C(=O)O)cc2F)C1. The van der Waals surface area contributed by atoms with E-state index >= 15 is 0 Å². The summed E-state index contributed by atoms with van der Waals surface area (Å²) in [7, 11) is 1.55. The van der Waals surface area contributed by atoms with E-state index in [0.717, 1.165) is 12.1 Å². The standard InChI is InChI=1S/C12H13F2NO3/c1-18-8-2-3-15(6-8)11-9(13)4-7(12(16)17)5-10(11)14/h4-5,8H,2-3,6H2,1H3,(H,16,17). The van der Waals surface area contributed by atoms with Gasteiger partial charge in [0, 0.05) is 20.2 Å². The molecule has 0 bridgehead atoms. The molecule has 1 heterocycles. The number of hydrogen-bond donors (Lipinski definition) is 1. The molecular weight excluding hydrogens is 244 g/mol. The lowest BCUT2D eigenvalue weighted by atomic mass is 10.1. The number of methoxy groups -OCH3 is 1. The number of benzene rings is 1. The first-order valence-electron chi connectivity index (χ1n) is 5.53. The van der Waals surface area contributed by atoms with E-state index in [2.05, 4.69) is 0 Å². The number of carboxylic acid groups (broad SMARTS) is 1. The summed E-state index contributed by atoms with van der Waals surface area (Å²) in [5.74, 6) is -3.07. The van der Waals surface area contributed by atoms with Crippen LogP contribution in [0, 0.1) is 11.6 Å². The molecule has 1 aromatic rings. The molecule has 1 aliphatic heterocycles. The molecule has 1 N–H and O–H groups in total. The summed E-state index contributed by atoms with van der Waals surface area (Å²) in [5.41, 5.74) is -0.573. The zero-order chi connectivity index (χ0) is 13.3. The Hall–Kier alpha value is -1.69. The van der Waals surface area contributed by atoms with Gasteiger partial charge in [-0.15, -0.1) is 0 Å². The molecule has 98 valence electrons. The van der Waals surface area contributed by atoms with E-state index in [1.165, 1.54) is 4.90 Å². The Bertz CT molecular complexity index is 455. The number of carboxylic acids is 1. The maximum Gasteiger partial charge on any atom is 0.335 e. The third-order valence-corrected chi connectivity index (χ3v) is 3.06. The van der Waals surface area contributed by atoms with Crippen LogP contribution in [0.25, 0.3) is 0 Å². The summed E-state index contributed by atoms with van der Waals surface area (Å²) >= 11 is 0. The Morgan fingerprint density at radius 1 is 1.44 bits per heavy atom. The molecule has 18 heavy (non-hydrogen) atoms. The monoisotopic (exact) mass is 257 g/mol. The van der Waals surface area contributed by atoms with E-state index in [-0.39, 0.29) is 11.8 Å². The second-order valence-electron chi connectivity index (χ2n) is 4.19. The molecule has 1 atom stereocenters. The maximum atomic E-state index is 13.8. The Morgan fingerprint density at radius 2 is 2.06 bits per heavy atom. The minimum absolute atomic E-state index is 0.0528. The molecule has 6 heteroatoms. The fraction of sp³-hybridized carbons (Fsp3) is 0.417. The average molecular weight is 257 g/mol. The van der Waals surface area contributed by atoms with Crippen LogP contribution >= 0.6 is 0 Å². The predicted molar refractivity (Wildman–Crippen MR) is 60.9 cm³/mol. The minimum atomic E-state index is -1.35. The molecule has 2 rings (SSSR count). The second kappa shape index (κ2) is 4.89. The molecule has 1 unspecified atom stereocenters. The van der Waals surface area contributed by atoms with E-state index in [9.17, 15) is 13.6 Å². The van der Waals surface area contributed by atoms with Gasteiger partial charge in [0.1, 0.15) is 17.3 Å². The second-order valence-corrected chi connectivity index (χ2v) is 4.19. The number of hydrogen-bond acceptors (Lipinski definition) is 3. The summed E-state index contributed by atoms with van der Waals surface area (Å²) in [6.07, 6.45) is 0.638. The fourth-order valence-corrected chi connectivity index (χ4v) is 2.11. The molecule has 1 aliphatic rings. The summed E-state index contributed by atoms with van der Waals surface area (Å²) in [4.78, 5) is 12.2. The molecule has 1 fully saturated rings. The molecule has 0 aromatic heterocycles. The van der Waals surface area contributed by atoms with E-state index < -0.39 is 23.2 Å². The number of aromatic carboxylic acids is 1. The van der Waals surface area contributed by atoms with Crippen molar-refractivity contribution in [2.24, 2.45) is 0 Å². The Labute approximate surface area is 103 Å². The Balaban J connectivity index is 2.32. The highest BCUT2D eigenvalue weighted by molar-refractivity contribution is 5.88. The molecule has 4 nitrogen and oxygen atoms in total. The zero-order valence-corrected chi connectivity index (χ0v) is 9.82. The van der Waals surface area contributed by atoms with E-state index in [4.69, 9.17) is 9.84 Å². The quantitative estimate of drug-likeness (QED) is 0.898. The van der Waals surface area contributed by atoms with Gasteiger partial charge in [-0.3, -0.25) is 0 Å². The lowest BCUT2D eigenvalue weighted by Gasteiger charge is -2.20. The smallest absolute Gasteiger partial charge is 0.335 e. The molecule has 1 saturated heterocycles. The van der Waals surface area contributed by atoms with Crippen molar-refractivity contribution in [1.82, 2.24) is 0 Å². The number of carbonyl (C=O) groups is 1. The van der Waals surface area contributed by atoms with Crippen LogP contribution in [0.3, 0.4) is 0 Å². The van der Waals surface area contributed by atoms with Crippen LogP contribution < -0.4 is 4.90 Å². The molecule has 0 radical (unpaired) electrons. The Kier molecular flexibility index (Phi) is 3.47. The zero-order valence-electron chi connectivity index (χ0n) is 9.82. The number of rotatable bonds is 3. The lowest BCUT2D eigenvalue weighted by molar-refractivity contribution is 0.0695. The van der Waals surface area contributed by atoms with Crippen molar-refractivity contribution in [2.75, 3.05) is 25.1 Å². The van der Waals surface area contributed by atoms with Crippen LogP contribution in [-0.4, -0.2) is 37.4 Å². The molecular formula is C12H13F2NO3. The molecule has 0 amide bonds. The number of anilines is 1. The summed E-state index contributed by atoms with van der Waals surface area (Å²) < 4.78 is 32.7. The van der Waals surface area contributed by atoms with E-state index in [0.29, 0.717) is 19.5 Å². The van der Waals surface area contributed by atoms with Gasteiger partial charge in [0.05, 0.1) is 11.7 Å². The minimum Gasteiger partial charge on any atom is -0.478 e. The van der Waals surface area contributed by atoms with Crippen molar-refractivity contribution < 1.29 is 23.4 Å². The molecule has 0 saturated carbocycles. The third-order valence-electron chi connectivity index (χ3n) is 3.06.